The normalized spacial score (nSPS) is 20.0. The summed E-state index contributed by atoms with van der Waals surface area (Å²) in [4.78, 5) is 33.8. The number of carbonyl (C=O) groups is 2. The first-order chi connectivity index (χ1) is 11.1. The van der Waals surface area contributed by atoms with Crippen molar-refractivity contribution in [1.29, 1.82) is 0 Å². The summed E-state index contributed by atoms with van der Waals surface area (Å²) in [6.07, 6.45) is 2.40. The highest BCUT2D eigenvalue weighted by Crippen LogP contribution is 2.30. The summed E-state index contributed by atoms with van der Waals surface area (Å²) in [5.41, 5.74) is -0.273. The van der Waals surface area contributed by atoms with Gasteiger partial charge in [0, 0.05) is 24.5 Å². The van der Waals surface area contributed by atoms with Crippen LogP contribution in [0.4, 0.5) is 15.0 Å². The molecule has 23 heavy (non-hydrogen) atoms. The van der Waals surface area contributed by atoms with Crippen molar-refractivity contribution in [2.75, 3.05) is 18.0 Å². The molecule has 2 aliphatic rings. The van der Waals surface area contributed by atoms with Crippen molar-refractivity contribution in [2.45, 2.75) is 18.4 Å². The quantitative estimate of drug-likeness (QED) is 0.765. The Morgan fingerprint density at radius 2 is 1.96 bits per heavy atom. The van der Waals surface area contributed by atoms with Crippen LogP contribution >= 0.6 is 0 Å². The number of piperidine rings is 1. The fourth-order valence-electron chi connectivity index (χ4n) is 3.25. The summed E-state index contributed by atoms with van der Waals surface area (Å²) in [6, 6.07) is 3.97. The first-order valence-electron chi connectivity index (χ1n) is 7.36. The van der Waals surface area contributed by atoms with Crippen LogP contribution in [-0.4, -0.2) is 40.5 Å². The van der Waals surface area contributed by atoms with Crippen LogP contribution in [0.1, 0.15) is 12.8 Å². The van der Waals surface area contributed by atoms with E-state index in [1.807, 2.05) is 4.90 Å². The number of rotatable bonds is 1. The van der Waals surface area contributed by atoms with Crippen molar-refractivity contribution >= 4 is 28.7 Å². The van der Waals surface area contributed by atoms with Gasteiger partial charge in [-0.05, 0) is 25.0 Å². The van der Waals surface area contributed by atoms with E-state index in [1.54, 1.807) is 6.07 Å². The molecule has 1 spiro atoms. The second-order valence-electron chi connectivity index (χ2n) is 5.84. The minimum absolute atomic E-state index is 0.267. The molecule has 2 fully saturated rings. The Labute approximate surface area is 130 Å². The Bertz CT molecular complexity index is 817. The summed E-state index contributed by atoms with van der Waals surface area (Å²) in [6.45, 7) is 1.13. The number of urea groups is 1. The van der Waals surface area contributed by atoms with Gasteiger partial charge in [-0.15, -0.1) is 0 Å². The SMILES string of the molecule is O=C1NC(=O)C2(CCN(c3ncnc4cc(F)ccc34)CC2)N1. The maximum atomic E-state index is 13.3. The molecule has 7 nitrogen and oxygen atoms in total. The van der Waals surface area contributed by atoms with Gasteiger partial charge in [0.15, 0.2) is 0 Å². The van der Waals surface area contributed by atoms with Gasteiger partial charge in [0.05, 0.1) is 5.52 Å². The van der Waals surface area contributed by atoms with E-state index in [2.05, 4.69) is 20.6 Å². The van der Waals surface area contributed by atoms with Crippen LogP contribution in [0.5, 0.6) is 0 Å². The van der Waals surface area contributed by atoms with Crippen LogP contribution < -0.4 is 15.5 Å². The van der Waals surface area contributed by atoms with Crippen LogP contribution in [0.25, 0.3) is 10.9 Å². The molecule has 2 aromatic rings. The number of benzene rings is 1. The Kier molecular flexibility index (Phi) is 2.93. The van der Waals surface area contributed by atoms with Gasteiger partial charge in [-0.3, -0.25) is 10.1 Å². The fraction of sp³-hybridized carbons (Fsp3) is 0.333. The van der Waals surface area contributed by atoms with Crippen molar-refractivity contribution in [2.24, 2.45) is 0 Å². The number of carbonyl (C=O) groups excluding carboxylic acids is 2. The molecule has 8 heteroatoms. The van der Waals surface area contributed by atoms with Gasteiger partial charge in [0.1, 0.15) is 23.5 Å². The lowest BCUT2D eigenvalue weighted by Gasteiger charge is -2.37. The molecular formula is C15H14FN5O2. The third-order valence-corrected chi connectivity index (χ3v) is 4.51. The van der Waals surface area contributed by atoms with Crippen LogP contribution in [0.15, 0.2) is 24.5 Å². The number of hydrogen-bond acceptors (Lipinski definition) is 5. The molecule has 0 aliphatic carbocycles. The monoisotopic (exact) mass is 315 g/mol. The van der Waals surface area contributed by atoms with Gasteiger partial charge in [0.25, 0.3) is 5.91 Å². The van der Waals surface area contributed by atoms with Gasteiger partial charge in [0.2, 0.25) is 0 Å². The van der Waals surface area contributed by atoms with E-state index in [-0.39, 0.29) is 11.7 Å². The summed E-state index contributed by atoms with van der Waals surface area (Å²) >= 11 is 0. The van der Waals surface area contributed by atoms with Crippen molar-refractivity contribution < 1.29 is 14.0 Å². The van der Waals surface area contributed by atoms with E-state index in [1.165, 1.54) is 18.5 Å². The van der Waals surface area contributed by atoms with Gasteiger partial charge in [-0.25, -0.2) is 19.2 Å². The first-order valence-corrected chi connectivity index (χ1v) is 7.36. The van der Waals surface area contributed by atoms with Crippen LogP contribution in [0.2, 0.25) is 0 Å². The summed E-state index contributed by atoms with van der Waals surface area (Å²) in [5, 5.41) is 5.79. The standard InChI is InChI=1S/C15H14FN5O2/c16-9-1-2-10-11(7-9)17-8-18-12(10)21-5-3-15(4-6-21)13(22)19-14(23)20-15/h1-2,7-8H,3-6H2,(H2,19,20,22,23). The van der Waals surface area contributed by atoms with Gasteiger partial charge < -0.3 is 10.2 Å². The Hall–Kier alpha value is -2.77. The maximum absolute atomic E-state index is 13.3. The average molecular weight is 315 g/mol. The first kappa shape index (κ1) is 13.9. The zero-order valence-electron chi connectivity index (χ0n) is 12.2. The number of nitrogens with zero attached hydrogens (tertiary/aromatic N) is 3. The molecule has 0 bridgehead atoms. The maximum Gasteiger partial charge on any atom is 0.322 e. The van der Waals surface area contributed by atoms with Crippen LogP contribution in [-0.2, 0) is 4.79 Å². The molecular weight excluding hydrogens is 301 g/mol. The van der Waals surface area contributed by atoms with E-state index in [4.69, 9.17) is 0 Å². The van der Waals surface area contributed by atoms with Crippen molar-refractivity contribution in [3.05, 3.63) is 30.3 Å². The van der Waals surface area contributed by atoms with E-state index in [9.17, 15) is 14.0 Å². The number of amides is 3. The summed E-state index contributed by atoms with van der Waals surface area (Å²) in [7, 11) is 0. The predicted octanol–water partition coefficient (Wildman–Crippen LogP) is 0.947. The molecule has 3 heterocycles. The molecule has 1 aromatic heterocycles. The topological polar surface area (TPSA) is 87.2 Å². The molecule has 1 aromatic carbocycles. The molecule has 0 radical (unpaired) electrons. The van der Waals surface area contributed by atoms with Gasteiger partial charge in [-0.1, -0.05) is 0 Å². The zero-order valence-corrected chi connectivity index (χ0v) is 12.2. The van der Waals surface area contributed by atoms with Gasteiger partial charge >= 0.3 is 6.03 Å². The number of halogens is 1. The minimum atomic E-state index is -0.817. The second kappa shape index (κ2) is 4.87. The highest BCUT2D eigenvalue weighted by molar-refractivity contribution is 6.07. The molecule has 0 saturated carbocycles. The minimum Gasteiger partial charge on any atom is -0.356 e. The molecule has 0 unspecified atom stereocenters. The number of anilines is 1. The summed E-state index contributed by atoms with van der Waals surface area (Å²) in [5.74, 6) is 0.108. The fourth-order valence-corrected chi connectivity index (χ4v) is 3.25. The van der Waals surface area contributed by atoms with E-state index in [0.717, 1.165) is 11.2 Å². The number of aromatic nitrogens is 2. The predicted molar refractivity (Wildman–Crippen MR) is 80.3 cm³/mol. The average Bonchev–Trinajstić information content (AvgIpc) is 2.81. The molecule has 0 atom stereocenters. The molecule has 2 N–H and O–H groups in total. The lowest BCUT2D eigenvalue weighted by atomic mass is 9.87. The summed E-state index contributed by atoms with van der Waals surface area (Å²) < 4.78 is 13.3. The Balaban J connectivity index is 1.62. The molecule has 118 valence electrons. The van der Waals surface area contributed by atoms with Crippen molar-refractivity contribution in [3.8, 4) is 0 Å². The number of fused-ring (bicyclic) bond motifs is 1. The number of nitrogens with one attached hydrogen (secondary N) is 2. The lowest BCUT2D eigenvalue weighted by molar-refractivity contribution is -0.124. The number of imide groups is 1. The highest BCUT2D eigenvalue weighted by Gasteiger charge is 2.48. The largest absolute Gasteiger partial charge is 0.356 e. The molecule has 4 rings (SSSR count). The second-order valence-corrected chi connectivity index (χ2v) is 5.84. The van der Waals surface area contributed by atoms with E-state index in [0.29, 0.717) is 31.4 Å². The van der Waals surface area contributed by atoms with Crippen LogP contribution in [0, 0.1) is 5.82 Å². The lowest BCUT2D eigenvalue weighted by Crippen LogP contribution is -2.55. The van der Waals surface area contributed by atoms with Gasteiger partial charge in [-0.2, -0.15) is 0 Å². The molecule has 3 amide bonds. The Morgan fingerprint density at radius 1 is 1.17 bits per heavy atom. The highest BCUT2D eigenvalue weighted by atomic mass is 19.1. The zero-order chi connectivity index (χ0) is 16.0. The van der Waals surface area contributed by atoms with E-state index >= 15 is 0 Å². The number of hydrogen-bond donors (Lipinski definition) is 2. The van der Waals surface area contributed by atoms with Crippen LogP contribution in [0.3, 0.4) is 0 Å². The molecule has 2 saturated heterocycles. The third kappa shape index (κ3) is 2.18. The molecule has 2 aliphatic heterocycles. The Morgan fingerprint density at radius 3 is 2.65 bits per heavy atom. The van der Waals surface area contributed by atoms with E-state index < -0.39 is 11.6 Å². The van der Waals surface area contributed by atoms with Crippen molar-refractivity contribution in [3.63, 3.8) is 0 Å². The smallest absolute Gasteiger partial charge is 0.322 e. The van der Waals surface area contributed by atoms with Crippen molar-refractivity contribution in [1.82, 2.24) is 20.6 Å². The third-order valence-electron chi connectivity index (χ3n) is 4.51.